The van der Waals surface area contributed by atoms with Crippen LogP contribution in [0.5, 0.6) is 5.75 Å². The van der Waals surface area contributed by atoms with Gasteiger partial charge in [0.2, 0.25) is 0 Å². The van der Waals surface area contributed by atoms with E-state index in [4.69, 9.17) is 9.47 Å². The Balaban J connectivity index is 2.39. The summed E-state index contributed by atoms with van der Waals surface area (Å²) in [5.41, 5.74) is 2.52. The summed E-state index contributed by atoms with van der Waals surface area (Å²) in [6.07, 6.45) is 3.68. The molecule has 1 aromatic heterocycles. The Bertz CT molecular complexity index is 625. The molecule has 4 nitrogen and oxygen atoms in total. The van der Waals surface area contributed by atoms with Gasteiger partial charge in [-0.25, -0.2) is 4.79 Å². The zero-order valence-electron chi connectivity index (χ0n) is 11.3. The molecule has 0 amide bonds. The number of nitrogens with one attached hydrogen (secondary N) is 1. The van der Waals surface area contributed by atoms with E-state index in [2.05, 4.69) is 4.98 Å². The van der Waals surface area contributed by atoms with Gasteiger partial charge in [-0.1, -0.05) is 0 Å². The molecule has 0 bridgehead atoms. The summed E-state index contributed by atoms with van der Waals surface area (Å²) in [6.45, 7) is 3.92. The fraction of sp³-hybridized carbons (Fsp3) is 0.267. The number of fused-ring (bicyclic) bond motifs is 1. The Hall–Kier alpha value is -2.23. The largest absolute Gasteiger partial charge is 0.497 e. The predicted molar refractivity (Wildman–Crippen MR) is 75.1 cm³/mol. The van der Waals surface area contributed by atoms with Crippen LogP contribution in [0.1, 0.15) is 19.4 Å². The number of esters is 1. The number of carbonyl (C=O) groups excluding carboxylic acids is 1. The standard InChI is InChI=1S/C15H17NO3/c1-4-19-15(17)10(2)7-11-9-16-14-6-5-12(18-3)8-13(11)14/h5-9,16H,4H2,1-3H3. The number of hydrogen-bond acceptors (Lipinski definition) is 3. The number of rotatable bonds is 4. The number of benzene rings is 1. The van der Waals surface area contributed by atoms with E-state index in [1.165, 1.54) is 0 Å². The average molecular weight is 259 g/mol. The van der Waals surface area contributed by atoms with E-state index in [1.807, 2.05) is 30.5 Å². The Morgan fingerprint density at radius 3 is 2.89 bits per heavy atom. The molecule has 0 saturated heterocycles. The SMILES string of the molecule is CCOC(=O)C(C)=Cc1c[nH]c2ccc(OC)cc12. The van der Waals surface area contributed by atoms with Crippen molar-refractivity contribution in [3.05, 3.63) is 35.5 Å². The molecule has 4 heteroatoms. The average Bonchev–Trinajstić information content (AvgIpc) is 2.81. The highest BCUT2D eigenvalue weighted by Gasteiger charge is 2.08. The third kappa shape index (κ3) is 2.78. The van der Waals surface area contributed by atoms with Gasteiger partial charge in [0.05, 0.1) is 13.7 Å². The smallest absolute Gasteiger partial charge is 0.333 e. The van der Waals surface area contributed by atoms with Crippen LogP contribution in [0.4, 0.5) is 0 Å². The fourth-order valence-electron chi connectivity index (χ4n) is 1.90. The lowest BCUT2D eigenvalue weighted by Gasteiger charge is -2.02. The molecule has 0 spiro atoms. The van der Waals surface area contributed by atoms with Crippen LogP contribution in [0.3, 0.4) is 0 Å². The second-order valence-electron chi connectivity index (χ2n) is 4.20. The normalized spacial score (nSPS) is 11.6. The molecule has 0 unspecified atom stereocenters. The van der Waals surface area contributed by atoms with Crippen LogP contribution in [-0.2, 0) is 9.53 Å². The maximum Gasteiger partial charge on any atom is 0.333 e. The van der Waals surface area contributed by atoms with Crippen LogP contribution < -0.4 is 4.74 Å². The number of aromatic nitrogens is 1. The van der Waals surface area contributed by atoms with Gasteiger partial charge in [0.25, 0.3) is 0 Å². The molecule has 0 aliphatic carbocycles. The first kappa shape index (κ1) is 13.2. The van der Waals surface area contributed by atoms with Crippen molar-refractivity contribution < 1.29 is 14.3 Å². The number of aromatic amines is 1. The van der Waals surface area contributed by atoms with Crippen molar-refractivity contribution in [2.45, 2.75) is 13.8 Å². The zero-order chi connectivity index (χ0) is 13.8. The van der Waals surface area contributed by atoms with E-state index in [1.54, 1.807) is 21.0 Å². The van der Waals surface area contributed by atoms with Gasteiger partial charge in [0.1, 0.15) is 5.75 Å². The number of hydrogen-bond donors (Lipinski definition) is 1. The van der Waals surface area contributed by atoms with Crippen LogP contribution in [0, 0.1) is 0 Å². The zero-order valence-corrected chi connectivity index (χ0v) is 11.3. The van der Waals surface area contributed by atoms with Crippen molar-refractivity contribution in [1.82, 2.24) is 4.98 Å². The second kappa shape index (κ2) is 5.61. The summed E-state index contributed by atoms with van der Waals surface area (Å²) in [7, 11) is 1.63. The number of H-pyrrole nitrogens is 1. The Morgan fingerprint density at radius 2 is 2.21 bits per heavy atom. The Labute approximate surface area is 112 Å². The highest BCUT2D eigenvalue weighted by Crippen LogP contribution is 2.25. The minimum absolute atomic E-state index is 0.292. The summed E-state index contributed by atoms with van der Waals surface area (Å²) in [4.78, 5) is 14.8. The molecule has 19 heavy (non-hydrogen) atoms. The quantitative estimate of drug-likeness (QED) is 0.678. The van der Waals surface area contributed by atoms with Crippen molar-refractivity contribution in [3.63, 3.8) is 0 Å². The number of ether oxygens (including phenoxy) is 2. The van der Waals surface area contributed by atoms with Crippen LogP contribution in [0.15, 0.2) is 30.0 Å². The first-order chi connectivity index (χ1) is 9.15. The molecule has 1 aromatic carbocycles. The molecule has 2 rings (SSSR count). The lowest BCUT2D eigenvalue weighted by molar-refractivity contribution is -0.138. The Kier molecular flexibility index (Phi) is 3.90. The van der Waals surface area contributed by atoms with Crippen molar-refractivity contribution in [3.8, 4) is 5.75 Å². The van der Waals surface area contributed by atoms with Crippen molar-refractivity contribution in [2.24, 2.45) is 0 Å². The molecule has 0 radical (unpaired) electrons. The molecule has 2 aromatic rings. The van der Waals surface area contributed by atoms with E-state index < -0.39 is 0 Å². The summed E-state index contributed by atoms with van der Waals surface area (Å²) < 4.78 is 10.2. The number of carbonyl (C=O) groups is 1. The highest BCUT2D eigenvalue weighted by molar-refractivity contribution is 5.97. The topological polar surface area (TPSA) is 51.3 Å². The van der Waals surface area contributed by atoms with Gasteiger partial charge < -0.3 is 14.5 Å². The molecular weight excluding hydrogens is 242 g/mol. The van der Waals surface area contributed by atoms with E-state index in [-0.39, 0.29) is 5.97 Å². The summed E-state index contributed by atoms with van der Waals surface area (Å²) in [5.74, 6) is 0.496. The van der Waals surface area contributed by atoms with E-state index in [0.29, 0.717) is 12.2 Å². The van der Waals surface area contributed by atoms with Crippen LogP contribution in [0.25, 0.3) is 17.0 Å². The van der Waals surface area contributed by atoms with Crippen LogP contribution >= 0.6 is 0 Å². The maximum atomic E-state index is 11.6. The molecular formula is C15H17NO3. The van der Waals surface area contributed by atoms with Crippen molar-refractivity contribution in [1.29, 1.82) is 0 Å². The molecule has 0 atom stereocenters. The van der Waals surface area contributed by atoms with Gasteiger partial charge >= 0.3 is 5.97 Å². The monoisotopic (exact) mass is 259 g/mol. The third-order valence-corrected chi connectivity index (χ3v) is 2.89. The molecule has 0 aliphatic heterocycles. The molecule has 100 valence electrons. The van der Waals surface area contributed by atoms with Gasteiger partial charge in [0.15, 0.2) is 0 Å². The lowest BCUT2D eigenvalue weighted by atomic mass is 10.1. The van der Waals surface area contributed by atoms with E-state index in [0.717, 1.165) is 22.2 Å². The van der Waals surface area contributed by atoms with Crippen molar-refractivity contribution in [2.75, 3.05) is 13.7 Å². The molecule has 0 fully saturated rings. The van der Waals surface area contributed by atoms with Crippen molar-refractivity contribution >= 4 is 22.9 Å². The van der Waals surface area contributed by atoms with Gasteiger partial charge in [-0.3, -0.25) is 0 Å². The third-order valence-electron chi connectivity index (χ3n) is 2.89. The summed E-state index contributed by atoms with van der Waals surface area (Å²) in [6, 6.07) is 5.78. The first-order valence-corrected chi connectivity index (χ1v) is 6.16. The lowest BCUT2D eigenvalue weighted by Crippen LogP contribution is -2.04. The van der Waals surface area contributed by atoms with Crippen LogP contribution in [0.2, 0.25) is 0 Å². The molecule has 0 saturated carbocycles. The minimum Gasteiger partial charge on any atom is -0.497 e. The van der Waals surface area contributed by atoms with E-state index in [9.17, 15) is 4.79 Å². The van der Waals surface area contributed by atoms with E-state index >= 15 is 0 Å². The summed E-state index contributed by atoms with van der Waals surface area (Å²) >= 11 is 0. The van der Waals surface area contributed by atoms with Gasteiger partial charge in [-0.2, -0.15) is 0 Å². The second-order valence-corrected chi connectivity index (χ2v) is 4.20. The minimum atomic E-state index is -0.292. The number of methoxy groups -OCH3 is 1. The fourth-order valence-corrected chi connectivity index (χ4v) is 1.90. The van der Waals surface area contributed by atoms with Gasteiger partial charge in [-0.15, -0.1) is 0 Å². The van der Waals surface area contributed by atoms with Crippen LogP contribution in [-0.4, -0.2) is 24.7 Å². The predicted octanol–water partition coefficient (Wildman–Crippen LogP) is 3.14. The summed E-state index contributed by atoms with van der Waals surface area (Å²) in [5, 5.41) is 1.02. The Morgan fingerprint density at radius 1 is 1.42 bits per heavy atom. The maximum absolute atomic E-state index is 11.6. The molecule has 1 N–H and O–H groups in total. The van der Waals surface area contributed by atoms with Gasteiger partial charge in [-0.05, 0) is 38.1 Å². The van der Waals surface area contributed by atoms with Gasteiger partial charge in [0, 0.05) is 28.2 Å². The first-order valence-electron chi connectivity index (χ1n) is 6.16. The molecule has 1 heterocycles. The highest BCUT2D eigenvalue weighted by atomic mass is 16.5. The molecule has 0 aliphatic rings.